The van der Waals surface area contributed by atoms with E-state index in [1.807, 2.05) is 0 Å². The molecule has 0 N–H and O–H groups in total. The van der Waals surface area contributed by atoms with Crippen molar-refractivity contribution in [1.29, 1.82) is 0 Å². The fraction of sp³-hybridized carbons (Fsp3) is 0.773. The summed E-state index contributed by atoms with van der Waals surface area (Å²) in [6.07, 6.45) is 91.8. The minimum atomic E-state index is -0.788. The Bertz CT molecular complexity index is 1530. The Labute approximate surface area is 503 Å². The van der Waals surface area contributed by atoms with Crippen LogP contribution in [0.1, 0.15) is 355 Å². The number of unbranched alkanes of at least 4 members (excludes halogenated alkanes) is 39. The van der Waals surface area contributed by atoms with Crippen molar-refractivity contribution in [3.63, 3.8) is 0 Å². The van der Waals surface area contributed by atoms with Crippen molar-refractivity contribution >= 4 is 17.9 Å². The molecule has 81 heavy (non-hydrogen) atoms. The average molecular weight is 1130 g/mol. The minimum absolute atomic E-state index is 0.0829. The highest BCUT2D eigenvalue weighted by Crippen LogP contribution is 2.17. The smallest absolute Gasteiger partial charge is 0.306 e. The second-order valence-corrected chi connectivity index (χ2v) is 23.4. The maximum absolute atomic E-state index is 13.0. The highest BCUT2D eigenvalue weighted by molar-refractivity contribution is 5.71. The van der Waals surface area contributed by atoms with Crippen molar-refractivity contribution in [1.82, 2.24) is 0 Å². The van der Waals surface area contributed by atoms with E-state index in [2.05, 4.69) is 106 Å². The molecule has 0 aromatic rings. The number of carbonyl (C=O) groups is 3. The van der Waals surface area contributed by atoms with E-state index in [-0.39, 0.29) is 31.1 Å². The summed E-state index contributed by atoms with van der Waals surface area (Å²) < 4.78 is 17.0. The molecule has 0 aliphatic rings. The van der Waals surface area contributed by atoms with Gasteiger partial charge in [0.05, 0.1) is 0 Å². The molecule has 6 nitrogen and oxygen atoms in total. The summed E-state index contributed by atoms with van der Waals surface area (Å²) in [7, 11) is 0. The number of ether oxygens (including phenoxy) is 3. The van der Waals surface area contributed by atoms with Crippen LogP contribution >= 0.6 is 0 Å². The minimum Gasteiger partial charge on any atom is -0.462 e. The third-order valence-corrected chi connectivity index (χ3v) is 15.4. The Morgan fingerprint density at radius 1 is 0.259 bits per heavy atom. The van der Waals surface area contributed by atoms with Crippen molar-refractivity contribution < 1.29 is 28.6 Å². The lowest BCUT2D eigenvalue weighted by atomic mass is 10.0. The highest BCUT2D eigenvalue weighted by Gasteiger charge is 2.19. The Morgan fingerprint density at radius 2 is 0.481 bits per heavy atom. The Hall–Kier alpha value is -3.41. The summed E-state index contributed by atoms with van der Waals surface area (Å²) in [6, 6.07) is 0. The molecular weight excluding hydrogens is 997 g/mol. The molecule has 0 aliphatic carbocycles. The molecule has 1 atom stereocenters. The maximum Gasteiger partial charge on any atom is 0.306 e. The molecule has 0 aromatic heterocycles. The van der Waals surface area contributed by atoms with Gasteiger partial charge < -0.3 is 14.2 Å². The molecule has 1 unspecified atom stereocenters. The van der Waals surface area contributed by atoms with E-state index in [0.717, 1.165) is 109 Å². The molecular formula is C75H132O6. The molecule has 0 saturated carbocycles. The molecule has 468 valence electrons. The first kappa shape index (κ1) is 77.6. The lowest BCUT2D eigenvalue weighted by molar-refractivity contribution is -0.167. The summed E-state index contributed by atoms with van der Waals surface area (Å²) in [4.78, 5) is 38.4. The van der Waals surface area contributed by atoms with E-state index in [1.165, 1.54) is 205 Å². The number of esters is 3. The van der Waals surface area contributed by atoms with Crippen molar-refractivity contribution in [3.8, 4) is 0 Å². The van der Waals surface area contributed by atoms with Crippen LogP contribution in [-0.2, 0) is 28.6 Å². The van der Waals surface area contributed by atoms with Crippen LogP contribution in [0.2, 0.25) is 0 Å². The van der Waals surface area contributed by atoms with E-state index >= 15 is 0 Å². The van der Waals surface area contributed by atoms with Gasteiger partial charge in [0.1, 0.15) is 13.2 Å². The summed E-state index contributed by atoms with van der Waals surface area (Å²) in [5, 5.41) is 0. The van der Waals surface area contributed by atoms with Gasteiger partial charge >= 0.3 is 17.9 Å². The molecule has 0 radical (unpaired) electrons. The van der Waals surface area contributed by atoms with E-state index < -0.39 is 6.10 Å². The monoisotopic (exact) mass is 1130 g/mol. The number of hydrogen-bond donors (Lipinski definition) is 0. The van der Waals surface area contributed by atoms with Gasteiger partial charge in [-0.1, -0.05) is 305 Å². The van der Waals surface area contributed by atoms with Gasteiger partial charge in [0.2, 0.25) is 0 Å². The van der Waals surface area contributed by atoms with Gasteiger partial charge in [0, 0.05) is 19.3 Å². The Balaban J connectivity index is 4.33. The van der Waals surface area contributed by atoms with Crippen LogP contribution in [0, 0.1) is 0 Å². The second kappa shape index (κ2) is 69.1. The maximum atomic E-state index is 13.0. The molecule has 0 saturated heterocycles. The lowest BCUT2D eigenvalue weighted by Gasteiger charge is -2.18. The fourth-order valence-corrected chi connectivity index (χ4v) is 10.1. The zero-order valence-corrected chi connectivity index (χ0v) is 53.8. The van der Waals surface area contributed by atoms with Crippen molar-refractivity contribution in [2.45, 2.75) is 361 Å². The van der Waals surface area contributed by atoms with Gasteiger partial charge in [-0.3, -0.25) is 14.4 Å². The Morgan fingerprint density at radius 3 is 0.765 bits per heavy atom. The van der Waals surface area contributed by atoms with Gasteiger partial charge in [-0.2, -0.15) is 0 Å². The summed E-state index contributed by atoms with van der Waals surface area (Å²) in [5.74, 6) is -0.888. The van der Waals surface area contributed by atoms with Crippen molar-refractivity contribution in [2.24, 2.45) is 0 Å². The van der Waals surface area contributed by atoms with Crippen LogP contribution in [0.3, 0.4) is 0 Å². The van der Waals surface area contributed by atoms with Crippen LogP contribution < -0.4 is 0 Å². The first-order valence-electron chi connectivity index (χ1n) is 35.1. The Kier molecular flexibility index (Phi) is 66.2. The summed E-state index contributed by atoms with van der Waals surface area (Å²) >= 11 is 0. The molecule has 0 fully saturated rings. The standard InChI is InChI=1S/C75H132O6/c1-4-7-10-13-16-19-22-25-28-30-32-34-36-37-39-40-42-44-47-50-53-56-59-62-65-68-74(77)80-71-72(70-79-73(76)67-64-61-58-55-52-49-46-27-24-21-18-15-12-9-6-3)81-75(78)69-66-63-60-57-54-51-48-45-43-41-38-35-33-31-29-26-23-20-17-14-11-8-5-2/h9,12,18,21-22,25,27,30-33,36-37,46,72H,4-8,10-11,13-17,19-20,23-24,26,28-29,34-35,38-45,47-71H2,1-3H3/b12-9-,21-18-,25-22-,32-30-,33-31-,37-36-,46-27-. The van der Waals surface area contributed by atoms with Crippen LogP contribution in [-0.4, -0.2) is 37.2 Å². The molecule has 6 heteroatoms. The van der Waals surface area contributed by atoms with Gasteiger partial charge in [-0.05, 0) is 116 Å². The van der Waals surface area contributed by atoms with Crippen LogP contribution in [0.15, 0.2) is 85.1 Å². The number of rotatable bonds is 64. The molecule has 0 heterocycles. The molecule has 0 aliphatic heterocycles. The van der Waals surface area contributed by atoms with Gasteiger partial charge in [-0.15, -0.1) is 0 Å². The van der Waals surface area contributed by atoms with E-state index in [1.54, 1.807) is 0 Å². The summed E-state index contributed by atoms with van der Waals surface area (Å²) in [6.45, 7) is 6.54. The summed E-state index contributed by atoms with van der Waals surface area (Å²) in [5.41, 5.74) is 0. The number of hydrogen-bond acceptors (Lipinski definition) is 6. The van der Waals surface area contributed by atoms with Crippen molar-refractivity contribution in [2.75, 3.05) is 13.2 Å². The van der Waals surface area contributed by atoms with Crippen LogP contribution in [0.5, 0.6) is 0 Å². The molecule has 0 bridgehead atoms. The van der Waals surface area contributed by atoms with Crippen molar-refractivity contribution in [3.05, 3.63) is 85.1 Å². The number of allylic oxidation sites excluding steroid dienone is 14. The van der Waals surface area contributed by atoms with E-state index in [9.17, 15) is 14.4 Å². The normalized spacial score (nSPS) is 12.6. The molecule has 0 rings (SSSR count). The first-order valence-corrected chi connectivity index (χ1v) is 35.1. The quantitative estimate of drug-likeness (QED) is 0.0261. The average Bonchev–Trinajstić information content (AvgIpc) is 3.47. The first-order chi connectivity index (χ1) is 40.0. The molecule has 0 aromatic carbocycles. The predicted molar refractivity (Wildman–Crippen MR) is 353 cm³/mol. The largest absolute Gasteiger partial charge is 0.462 e. The van der Waals surface area contributed by atoms with Gasteiger partial charge in [-0.25, -0.2) is 0 Å². The molecule has 0 spiro atoms. The predicted octanol–water partition coefficient (Wildman–Crippen LogP) is 24.2. The molecule has 0 amide bonds. The van der Waals surface area contributed by atoms with Gasteiger partial charge in [0.25, 0.3) is 0 Å². The number of carbonyl (C=O) groups excluding carboxylic acids is 3. The SMILES string of the molecule is CC/C=C\C/C=C\C/C=C\CCCCCCCC(=O)OCC(COC(=O)CCCCCCCCCCCC/C=C\C/C=C\C/C=C\CCCCCCC)OC(=O)CCCCCCCCCCCCC/C=C\CCCCCCCCCC. The van der Waals surface area contributed by atoms with Gasteiger partial charge in [0.15, 0.2) is 6.10 Å². The zero-order chi connectivity index (χ0) is 58.5. The highest BCUT2D eigenvalue weighted by atomic mass is 16.6. The third kappa shape index (κ3) is 67.3. The fourth-order valence-electron chi connectivity index (χ4n) is 10.1. The van der Waals surface area contributed by atoms with Crippen LogP contribution in [0.4, 0.5) is 0 Å². The van der Waals surface area contributed by atoms with Crippen LogP contribution in [0.25, 0.3) is 0 Å². The zero-order valence-electron chi connectivity index (χ0n) is 53.8. The third-order valence-electron chi connectivity index (χ3n) is 15.4. The second-order valence-electron chi connectivity index (χ2n) is 23.4. The lowest BCUT2D eigenvalue weighted by Crippen LogP contribution is -2.30. The van der Waals surface area contributed by atoms with E-state index in [0.29, 0.717) is 19.3 Å². The topological polar surface area (TPSA) is 78.9 Å². The van der Waals surface area contributed by atoms with E-state index in [4.69, 9.17) is 14.2 Å².